The summed E-state index contributed by atoms with van der Waals surface area (Å²) < 4.78 is 17.3. The van der Waals surface area contributed by atoms with Crippen LogP contribution in [0.4, 0.5) is 5.69 Å². The maximum atomic E-state index is 14.9. The van der Waals surface area contributed by atoms with Crippen LogP contribution in [0, 0.1) is 5.41 Å². The molecule has 1 aliphatic carbocycles. The van der Waals surface area contributed by atoms with E-state index in [2.05, 4.69) is 0 Å². The van der Waals surface area contributed by atoms with Crippen LogP contribution in [-0.2, 0) is 0 Å². The van der Waals surface area contributed by atoms with Gasteiger partial charge in [0.15, 0.2) is 28.8 Å². The lowest BCUT2D eigenvalue weighted by atomic mass is 9.64. The summed E-state index contributed by atoms with van der Waals surface area (Å²) in [6.45, 7) is 0. The zero-order valence-corrected chi connectivity index (χ0v) is 23.9. The van der Waals surface area contributed by atoms with Crippen molar-refractivity contribution in [2.24, 2.45) is 5.41 Å². The summed E-state index contributed by atoms with van der Waals surface area (Å²) in [6.07, 6.45) is 3.85. The van der Waals surface area contributed by atoms with Gasteiger partial charge in [-0.05, 0) is 17.7 Å². The van der Waals surface area contributed by atoms with Gasteiger partial charge in [-0.15, -0.1) is 0 Å². The number of methoxy groups -OCH3 is 3. The highest BCUT2D eigenvalue weighted by Crippen LogP contribution is 2.63. The fraction of sp³-hybridized carbons (Fsp3) is 0.194. The number of ether oxygens (including phenoxy) is 3. The zero-order valence-electron chi connectivity index (χ0n) is 23.9. The summed E-state index contributed by atoms with van der Waals surface area (Å²) in [5, 5.41) is 0. The average molecular weight is 572 g/mol. The summed E-state index contributed by atoms with van der Waals surface area (Å²) in [7, 11) is 4.54. The van der Waals surface area contributed by atoms with Crippen molar-refractivity contribution < 1.29 is 28.6 Å². The number of rotatable bonds is 6. The summed E-state index contributed by atoms with van der Waals surface area (Å²) >= 11 is 0. The summed E-state index contributed by atoms with van der Waals surface area (Å²) in [5.74, 6) is -0.703. The maximum absolute atomic E-state index is 14.9. The second-order valence-corrected chi connectivity index (χ2v) is 10.9. The molecular formula is C36H29NO6. The van der Waals surface area contributed by atoms with Crippen LogP contribution in [0.2, 0.25) is 0 Å². The minimum atomic E-state index is -1.66. The number of hydrogen-bond acceptors (Lipinski definition) is 7. The first-order valence-corrected chi connectivity index (χ1v) is 14.1. The van der Waals surface area contributed by atoms with E-state index in [0.29, 0.717) is 39.5 Å². The topological polar surface area (TPSA) is 82.1 Å². The van der Waals surface area contributed by atoms with Gasteiger partial charge in [-0.25, -0.2) is 0 Å². The van der Waals surface area contributed by atoms with Crippen molar-refractivity contribution >= 4 is 29.1 Å². The molecule has 1 unspecified atom stereocenters. The van der Waals surface area contributed by atoms with Gasteiger partial charge in [-0.2, -0.15) is 0 Å². The van der Waals surface area contributed by atoms with E-state index in [1.165, 1.54) is 21.3 Å². The molecule has 1 fully saturated rings. The normalized spacial score (nSPS) is 20.9. The van der Waals surface area contributed by atoms with E-state index in [-0.39, 0.29) is 17.3 Å². The quantitative estimate of drug-likeness (QED) is 0.207. The molecule has 7 rings (SSSR count). The van der Waals surface area contributed by atoms with Gasteiger partial charge in [0.05, 0.1) is 27.4 Å². The van der Waals surface area contributed by atoms with Gasteiger partial charge in [0.2, 0.25) is 5.75 Å². The van der Waals surface area contributed by atoms with Crippen LogP contribution in [0.3, 0.4) is 0 Å². The Hall–Kier alpha value is -5.17. The second-order valence-electron chi connectivity index (χ2n) is 10.9. The third-order valence-electron chi connectivity index (χ3n) is 9.11. The van der Waals surface area contributed by atoms with Crippen molar-refractivity contribution in [3.05, 3.63) is 125 Å². The number of hydrogen-bond donors (Lipinski definition) is 0. The molecule has 3 atom stereocenters. The number of fused-ring (bicyclic) bond motifs is 5. The molecule has 4 aromatic rings. The zero-order chi connectivity index (χ0) is 29.9. The molecule has 7 heteroatoms. The SMILES string of the molecule is COc1ccc([C@H]2[C@H](C(=O)c3ccccc3)N3c4ccccc4C=CC3C23C(=O)c2ccccc2C3=O)c(OC)c1OC. The number of ketones is 3. The molecule has 2 heterocycles. The first kappa shape index (κ1) is 26.7. The van der Waals surface area contributed by atoms with E-state index in [1.54, 1.807) is 48.5 Å². The van der Waals surface area contributed by atoms with Crippen LogP contribution in [-0.4, -0.2) is 50.8 Å². The van der Waals surface area contributed by atoms with E-state index in [9.17, 15) is 14.4 Å². The predicted octanol–water partition coefficient (Wildman–Crippen LogP) is 6.03. The van der Waals surface area contributed by atoms with Crippen molar-refractivity contribution in [3.63, 3.8) is 0 Å². The molecule has 3 aliphatic rings. The van der Waals surface area contributed by atoms with Crippen LogP contribution in [0.1, 0.15) is 48.1 Å². The van der Waals surface area contributed by atoms with Crippen molar-refractivity contribution in [1.82, 2.24) is 0 Å². The van der Waals surface area contributed by atoms with E-state index >= 15 is 0 Å². The fourth-order valence-electron chi connectivity index (χ4n) is 7.40. The first-order chi connectivity index (χ1) is 21.0. The monoisotopic (exact) mass is 571 g/mol. The van der Waals surface area contributed by atoms with E-state index < -0.39 is 23.4 Å². The Morgan fingerprint density at radius 1 is 0.721 bits per heavy atom. The smallest absolute Gasteiger partial charge is 0.203 e. The van der Waals surface area contributed by atoms with E-state index in [0.717, 1.165) is 11.3 Å². The number of anilines is 1. The highest BCUT2D eigenvalue weighted by Gasteiger charge is 2.72. The number of nitrogens with zero attached hydrogens (tertiary/aromatic N) is 1. The molecule has 0 radical (unpaired) electrons. The van der Waals surface area contributed by atoms with Crippen LogP contribution >= 0.6 is 0 Å². The van der Waals surface area contributed by atoms with E-state index in [4.69, 9.17) is 14.2 Å². The molecular weight excluding hydrogens is 542 g/mol. The molecule has 7 nitrogen and oxygen atoms in total. The second kappa shape index (κ2) is 9.98. The molecule has 43 heavy (non-hydrogen) atoms. The summed E-state index contributed by atoms with van der Waals surface area (Å²) in [6, 6.07) is 25.5. The van der Waals surface area contributed by atoms with Gasteiger partial charge < -0.3 is 19.1 Å². The van der Waals surface area contributed by atoms with Gasteiger partial charge >= 0.3 is 0 Å². The van der Waals surface area contributed by atoms with Crippen LogP contribution in [0.25, 0.3) is 6.08 Å². The Kier molecular flexibility index (Phi) is 6.20. The predicted molar refractivity (Wildman–Crippen MR) is 163 cm³/mol. The lowest BCUT2D eigenvalue weighted by Gasteiger charge is -2.37. The third kappa shape index (κ3) is 3.51. The molecule has 0 bridgehead atoms. The van der Waals surface area contributed by atoms with Gasteiger partial charge in [-0.1, -0.05) is 91.0 Å². The van der Waals surface area contributed by atoms with Crippen molar-refractivity contribution in [1.29, 1.82) is 0 Å². The largest absolute Gasteiger partial charge is 0.493 e. The third-order valence-corrected chi connectivity index (χ3v) is 9.11. The minimum Gasteiger partial charge on any atom is -0.493 e. The van der Waals surface area contributed by atoms with Crippen LogP contribution < -0.4 is 19.1 Å². The molecule has 1 spiro atoms. The Balaban J connectivity index is 1.59. The molecule has 0 saturated carbocycles. The Labute approximate surface area is 249 Å². The molecule has 4 aromatic carbocycles. The molecule has 0 aromatic heterocycles. The lowest BCUT2D eigenvalue weighted by Crippen LogP contribution is -2.48. The highest BCUT2D eigenvalue weighted by atomic mass is 16.5. The van der Waals surface area contributed by atoms with Crippen molar-refractivity contribution in [2.45, 2.75) is 18.0 Å². The van der Waals surface area contributed by atoms with Crippen LogP contribution in [0.15, 0.2) is 97.1 Å². The number of carbonyl (C=O) groups is 3. The molecule has 2 aliphatic heterocycles. The van der Waals surface area contributed by atoms with Crippen molar-refractivity contribution in [2.75, 3.05) is 26.2 Å². The van der Waals surface area contributed by atoms with Gasteiger partial charge in [0, 0.05) is 33.9 Å². The molecule has 0 amide bonds. The Bertz CT molecular complexity index is 1790. The molecule has 214 valence electrons. The molecule has 0 N–H and O–H groups in total. The Morgan fingerprint density at radius 2 is 1.35 bits per heavy atom. The standard InChI is InChI=1S/C36H29NO6/c1-41-27-19-18-25(32(42-2)33(27)43-3)29-30(31(38)22-12-5-4-6-13-22)37-26-16-10-7-11-21(26)17-20-28(37)36(29)34(39)23-14-8-9-15-24(23)35(36)40/h4-20,28-30H,1-3H3/t28?,29-,30+/m0/s1. The van der Waals surface area contributed by atoms with E-state index in [1.807, 2.05) is 59.5 Å². The highest BCUT2D eigenvalue weighted by molar-refractivity contribution is 6.32. The summed E-state index contributed by atoms with van der Waals surface area (Å²) in [4.78, 5) is 46.5. The fourth-order valence-corrected chi connectivity index (χ4v) is 7.40. The number of Topliss-reactive ketones (excluding diaryl/α,β-unsaturated/α-hetero) is 3. The lowest BCUT2D eigenvalue weighted by molar-refractivity contribution is 0.0664. The number of benzene rings is 4. The first-order valence-electron chi connectivity index (χ1n) is 14.1. The van der Waals surface area contributed by atoms with Crippen molar-refractivity contribution in [3.8, 4) is 17.2 Å². The molecule has 1 saturated heterocycles. The number of carbonyl (C=O) groups excluding carboxylic acids is 3. The van der Waals surface area contributed by atoms with Crippen LogP contribution in [0.5, 0.6) is 17.2 Å². The average Bonchev–Trinajstić information content (AvgIpc) is 3.49. The summed E-state index contributed by atoms with van der Waals surface area (Å²) in [5.41, 5.74) is 1.74. The van der Waals surface area contributed by atoms with Gasteiger partial charge in [0.25, 0.3) is 0 Å². The number of para-hydroxylation sites is 1. The van der Waals surface area contributed by atoms with Gasteiger partial charge in [0.1, 0.15) is 11.5 Å². The maximum Gasteiger partial charge on any atom is 0.203 e. The Morgan fingerprint density at radius 3 is 2.00 bits per heavy atom. The minimum absolute atomic E-state index is 0.203. The van der Waals surface area contributed by atoms with Gasteiger partial charge in [-0.3, -0.25) is 14.4 Å².